The van der Waals surface area contributed by atoms with Crippen molar-refractivity contribution >= 4 is 15.7 Å². The lowest BCUT2D eigenvalue weighted by Gasteiger charge is -2.34. The van der Waals surface area contributed by atoms with Gasteiger partial charge in [-0.1, -0.05) is 12.5 Å². The maximum atomic E-state index is 11.6. The third-order valence-corrected chi connectivity index (χ3v) is 6.53. The van der Waals surface area contributed by atoms with Crippen molar-refractivity contribution in [1.29, 1.82) is 0 Å². The van der Waals surface area contributed by atoms with Crippen molar-refractivity contribution < 1.29 is 13.2 Å². The summed E-state index contributed by atoms with van der Waals surface area (Å²) in [4.78, 5) is 4.76. The van der Waals surface area contributed by atoms with Crippen LogP contribution in [0.4, 0.5) is 5.69 Å². The number of piperazine rings is 1. The molecule has 0 unspecified atom stereocenters. The Hall–Kier alpha value is -1.31. The predicted molar refractivity (Wildman–Crippen MR) is 105 cm³/mol. The molecule has 0 N–H and O–H groups in total. The number of nitrogens with zero attached hydrogens (tertiary/aromatic N) is 3. The van der Waals surface area contributed by atoms with Crippen LogP contribution >= 0.6 is 0 Å². The zero-order valence-corrected chi connectivity index (χ0v) is 16.6. The van der Waals surface area contributed by atoms with Crippen LogP contribution in [0.25, 0.3) is 0 Å². The van der Waals surface area contributed by atoms with Crippen LogP contribution in [0.3, 0.4) is 0 Å². The first-order chi connectivity index (χ1) is 12.5. The van der Waals surface area contributed by atoms with Crippen molar-refractivity contribution in [1.82, 2.24) is 9.21 Å². The molecule has 0 bridgehead atoms. The summed E-state index contributed by atoms with van der Waals surface area (Å²) in [6, 6.07) is 8.14. The van der Waals surface area contributed by atoms with Crippen molar-refractivity contribution in [3.05, 3.63) is 24.3 Å². The first-order valence-corrected chi connectivity index (χ1v) is 11.5. The summed E-state index contributed by atoms with van der Waals surface area (Å²) in [5.41, 5.74) is 1.10. The van der Waals surface area contributed by atoms with E-state index in [1.807, 2.05) is 12.1 Å². The highest BCUT2D eigenvalue weighted by Gasteiger charge is 2.23. The van der Waals surface area contributed by atoms with Crippen LogP contribution in [0.1, 0.15) is 25.7 Å². The number of ether oxygens (including phenoxy) is 1. The normalized spacial score (nSPS) is 20.3. The van der Waals surface area contributed by atoms with Gasteiger partial charge >= 0.3 is 0 Å². The van der Waals surface area contributed by atoms with Crippen LogP contribution in [0.2, 0.25) is 0 Å². The van der Waals surface area contributed by atoms with Gasteiger partial charge < -0.3 is 14.5 Å². The molecule has 1 aromatic rings. The molecule has 0 saturated carbocycles. The second kappa shape index (κ2) is 9.06. The van der Waals surface area contributed by atoms with E-state index in [9.17, 15) is 8.42 Å². The largest absolute Gasteiger partial charge is 0.493 e. The molecule has 146 valence electrons. The third kappa shape index (κ3) is 5.59. The highest BCUT2D eigenvalue weighted by atomic mass is 32.2. The molecule has 0 aromatic heterocycles. The minimum Gasteiger partial charge on any atom is -0.493 e. The Bertz CT molecular complexity index is 666. The first-order valence-electron chi connectivity index (χ1n) is 9.68. The number of hydrogen-bond donors (Lipinski definition) is 0. The van der Waals surface area contributed by atoms with Gasteiger partial charge in [-0.2, -0.15) is 4.31 Å². The van der Waals surface area contributed by atoms with Crippen molar-refractivity contribution in [2.75, 3.05) is 63.6 Å². The van der Waals surface area contributed by atoms with E-state index in [1.54, 1.807) is 4.31 Å². The quantitative estimate of drug-likeness (QED) is 0.677. The number of benzene rings is 1. The second-order valence-electron chi connectivity index (χ2n) is 7.25. The van der Waals surface area contributed by atoms with E-state index < -0.39 is 10.0 Å². The Kier molecular flexibility index (Phi) is 6.78. The van der Waals surface area contributed by atoms with E-state index >= 15 is 0 Å². The molecule has 6 nitrogen and oxygen atoms in total. The van der Waals surface area contributed by atoms with Gasteiger partial charge in [0.25, 0.3) is 0 Å². The summed E-state index contributed by atoms with van der Waals surface area (Å²) in [6.07, 6.45) is 6.36. The summed E-state index contributed by atoms with van der Waals surface area (Å²) < 4.78 is 30.7. The Labute approximate surface area is 157 Å². The van der Waals surface area contributed by atoms with E-state index in [2.05, 4.69) is 21.9 Å². The summed E-state index contributed by atoms with van der Waals surface area (Å²) in [5, 5.41) is 0. The lowest BCUT2D eigenvalue weighted by atomic mass is 10.1. The Morgan fingerprint density at radius 1 is 1.00 bits per heavy atom. The van der Waals surface area contributed by atoms with Gasteiger partial charge in [-0.05, 0) is 44.5 Å². The van der Waals surface area contributed by atoms with Crippen molar-refractivity contribution in [2.45, 2.75) is 25.7 Å². The average Bonchev–Trinajstić information content (AvgIpc) is 2.66. The van der Waals surface area contributed by atoms with Crippen molar-refractivity contribution in [3.63, 3.8) is 0 Å². The number of rotatable bonds is 7. The zero-order valence-electron chi connectivity index (χ0n) is 15.8. The molecule has 7 heteroatoms. The smallest absolute Gasteiger partial charge is 0.211 e. The SMILES string of the molecule is CS(=O)(=O)N1CCN(c2cccc(OCCCN3CCCCC3)c2)CC1. The number of sulfonamides is 1. The van der Waals surface area contributed by atoms with Crippen LogP contribution in [0, 0.1) is 0 Å². The van der Waals surface area contributed by atoms with E-state index in [0.29, 0.717) is 26.2 Å². The molecule has 2 fully saturated rings. The highest BCUT2D eigenvalue weighted by Crippen LogP contribution is 2.23. The number of hydrogen-bond acceptors (Lipinski definition) is 5. The monoisotopic (exact) mass is 381 g/mol. The third-order valence-electron chi connectivity index (χ3n) is 5.23. The summed E-state index contributed by atoms with van der Waals surface area (Å²) in [7, 11) is -3.09. The van der Waals surface area contributed by atoms with Crippen LogP contribution in [-0.4, -0.2) is 76.3 Å². The van der Waals surface area contributed by atoms with Gasteiger partial charge in [0, 0.05) is 44.5 Å². The van der Waals surface area contributed by atoms with Gasteiger partial charge in [-0.15, -0.1) is 0 Å². The molecule has 2 aliphatic rings. The van der Waals surface area contributed by atoms with E-state index in [-0.39, 0.29) is 0 Å². The van der Waals surface area contributed by atoms with Crippen LogP contribution in [0.15, 0.2) is 24.3 Å². The van der Waals surface area contributed by atoms with Gasteiger partial charge in [0.1, 0.15) is 5.75 Å². The molecule has 26 heavy (non-hydrogen) atoms. The molecule has 2 heterocycles. The molecule has 2 aliphatic heterocycles. The number of piperidine rings is 1. The Balaban J connectivity index is 1.44. The van der Waals surface area contributed by atoms with Gasteiger partial charge in [-0.3, -0.25) is 0 Å². The van der Waals surface area contributed by atoms with Gasteiger partial charge in [0.05, 0.1) is 12.9 Å². The minimum absolute atomic E-state index is 0.541. The zero-order chi connectivity index (χ0) is 18.4. The summed E-state index contributed by atoms with van der Waals surface area (Å²) in [5.74, 6) is 0.895. The summed E-state index contributed by atoms with van der Waals surface area (Å²) >= 11 is 0. The number of anilines is 1. The van der Waals surface area contributed by atoms with Gasteiger partial charge in [0.2, 0.25) is 10.0 Å². The molecule has 0 atom stereocenters. The molecular weight excluding hydrogens is 350 g/mol. The number of likely N-dealkylation sites (tertiary alicyclic amines) is 1. The minimum atomic E-state index is -3.09. The highest BCUT2D eigenvalue weighted by molar-refractivity contribution is 7.88. The van der Waals surface area contributed by atoms with E-state index in [4.69, 9.17) is 4.74 Å². The molecule has 0 spiro atoms. The molecule has 0 amide bonds. The van der Waals surface area contributed by atoms with Crippen LogP contribution < -0.4 is 9.64 Å². The average molecular weight is 382 g/mol. The van der Waals surface area contributed by atoms with Crippen molar-refractivity contribution in [2.24, 2.45) is 0 Å². The topological polar surface area (TPSA) is 53.1 Å². The van der Waals surface area contributed by atoms with Gasteiger partial charge in [-0.25, -0.2) is 8.42 Å². The standard InChI is InChI=1S/C19H31N3O3S/c1-26(23,24)22-14-12-21(13-15-22)18-7-5-8-19(17-18)25-16-6-11-20-9-3-2-4-10-20/h5,7-8,17H,2-4,6,9-16H2,1H3. The predicted octanol–water partition coefficient (Wildman–Crippen LogP) is 2.02. The fourth-order valence-corrected chi connectivity index (χ4v) is 4.54. The first kappa shape index (κ1) is 19.5. The Morgan fingerprint density at radius 3 is 2.42 bits per heavy atom. The van der Waals surface area contributed by atoms with Gasteiger partial charge in [0.15, 0.2) is 0 Å². The fourth-order valence-electron chi connectivity index (χ4n) is 3.71. The molecule has 0 aliphatic carbocycles. The molecular formula is C19H31N3O3S. The van der Waals surface area contributed by atoms with E-state index in [0.717, 1.165) is 31.0 Å². The van der Waals surface area contributed by atoms with Crippen LogP contribution in [-0.2, 0) is 10.0 Å². The Morgan fingerprint density at radius 2 is 1.73 bits per heavy atom. The second-order valence-corrected chi connectivity index (χ2v) is 9.23. The van der Waals surface area contributed by atoms with Crippen LogP contribution in [0.5, 0.6) is 5.75 Å². The molecule has 1 aromatic carbocycles. The maximum absolute atomic E-state index is 11.6. The van der Waals surface area contributed by atoms with Crippen molar-refractivity contribution in [3.8, 4) is 5.75 Å². The van der Waals surface area contributed by atoms with E-state index in [1.165, 1.54) is 38.6 Å². The summed E-state index contributed by atoms with van der Waals surface area (Å²) in [6.45, 7) is 6.83. The lowest BCUT2D eigenvalue weighted by molar-refractivity contribution is 0.205. The lowest BCUT2D eigenvalue weighted by Crippen LogP contribution is -2.48. The molecule has 0 radical (unpaired) electrons. The maximum Gasteiger partial charge on any atom is 0.211 e. The molecule has 3 rings (SSSR count). The molecule has 2 saturated heterocycles. The fraction of sp³-hybridized carbons (Fsp3) is 0.684.